The predicted octanol–water partition coefficient (Wildman–Crippen LogP) is 5.05. The molecule has 0 spiro atoms. The van der Waals surface area contributed by atoms with Crippen LogP contribution in [0.4, 0.5) is 0 Å². The number of carbonyl (C=O) groups excluding carboxylic acids is 1. The molecular formula is C24H30ClN3O. The number of rotatable bonds is 4. The maximum atomic E-state index is 13.2. The fraction of sp³-hybridized carbons (Fsp3) is 0.500. The second-order valence-corrected chi connectivity index (χ2v) is 8.85. The van der Waals surface area contributed by atoms with Crippen molar-refractivity contribution in [2.24, 2.45) is 0 Å². The Kier molecular flexibility index (Phi) is 6.51. The molecule has 0 aliphatic carbocycles. The van der Waals surface area contributed by atoms with E-state index >= 15 is 0 Å². The number of halogens is 1. The molecule has 2 aromatic rings. The summed E-state index contributed by atoms with van der Waals surface area (Å²) < 4.78 is 0. The maximum Gasteiger partial charge on any atom is 0.255 e. The first-order valence-electron chi connectivity index (χ1n) is 10.8. The first-order valence-corrected chi connectivity index (χ1v) is 11.2. The Bertz CT molecular complexity index is 838. The number of pyridine rings is 1. The summed E-state index contributed by atoms with van der Waals surface area (Å²) in [5.41, 5.74) is 4.14. The van der Waals surface area contributed by atoms with Gasteiger partial charge in [0.2, 0.25) is 0 Å². The molecule has 1 amide bonds. The highest BCUT2D eigenvalue weighted by Gasteiger charge is 2.28. The minimum absolute atomic E-state index is 0.177. The minimum atomic E-state index is 0.177. The van der Waals surface area contributed by atoms with Crippen LogP contribution in [0.5, 0.6) is 0 Å². The molecule has 2 fully saturated rings. The van der Waals surface area contributed by atoms with E-state index in [1.165, 1.54) is 12.0 Å². The van der Waals surface area contributed by atoms with Crippen molar-refractivity contribution in [1.29, 1.82) is 0 Å². The Morgan fingerprint density at radius 1 is 1.00 bits per heavy atom. The summed E-state index contributed by atoms with van der Waals surface area (Å²) >= 11 is 6.00. The monoisotopic (exact) mass is 411 g/mol. The van der Waals surface area contributed by atoms with E-state index in [0.717, 1.165) is 80.4 Å². The number of piperidine rings is 2. The molecule has 0 saturated carbocycles. The molecule has 0 N–H and O–H groups in total. The van der Waals surface area contributed by atoms with Crippen LogP contribution in [0, 0.1) is 6.92 Å². The van der Waals surface area contributed by atoms with E-state index in [-0.39, 0.29) is 5.91 Å². The molecule has 1 aromatic heterocycles. The zero-order chi connectivity index (χ0) is 20.2. The molecule has 0 unspecified atom stereocenters. The lowest BCUT2D eigenvalue weighted by atomic mass is 9.89. The van der Waals surface area contributed by atoms with Crippen LogP contribution in [0.25, 0.3) is 0 Å². The Labute approximate surface area is 178 Å². The minimum Gasteiger partial charge on any atom is -0.339 e. The average Bonchev–Trinajstić information content (AvgIpc) is 2.76. The smallest absolute Gasteiger partial charge is 0.255 e. The van der Waals surface area contributed by atoms with Gasteiger partial charge in [-0.25, -0.2) is 0 Å². The Morgan fingerprint density at radius 2 is 1.69 bits per heavy atom. The van der Waals surface area contributed by atoms with Gasteiger partial charge >= 0.3 is 0 Å². The summed E-state index contributed by atoms with van der Waals surface area (Å²) in [6.45, 7) is 6.79. The summed E-state index contributed by atoms with van der Waals surface area (Å²) in [4.78, 5) is 22.5. The molecule has 5 heteroatoms. The molecule has 2 aliphatic rings. The zero-order valence-electron chi connectivity index (χ0n) is 17.2. The van der Waals surface area contributed by atoms with Crippen LogP contribution in [0.15, 0.2) is 36.4 Å². The lowest BCUT2D eigenvalue weighted by Crippen LogP contribution is -2.37. The van der Waals surface area contributed by atoms with Crippen molar-refractivity contribution in [3.63, 3.8) is 0 Å². The second-order valence-electron chi connectivity index (χ2n) is 8.42. The molecule has 29 heavy (non-hydrogen) atoms. The quantitative estimate of drug-likeness (QED) is 0.706. The molecule has 4 nitrogen and oxygen atoms in total. The van der Waals surface area contributed by atoms with E-state index in [1.807, 2.05) is 36.1 Å². The lowest BCUT2D eigenvalue weighted by Gasteiger charge is -2.33. The van der Waals surface area contributed by atoms with Gasteiger partial charge < -0.3 is 4.90 Å². The van der Waals surface area contributed by atoms with Gasteiger partial charge in [-0.3, -0.25) is 14.7 Å². The third kappa shape index (κ3) is 4.99. The highest BCUT2D eigenvalue weighted by molar-refractivity contribution is 6.30. The summed E-state index contributed by atoms with van der Waals surface area (Å²) in [7, 11) is 0. The molecule has 154 valence electrons. The molecule has 1 aromatic carbocycles. The molecule has 2 saturated heterocycles. The van der Waals surface area contributed by atoms with Crippen molar-refractivity contribution in [2.75, 3.05) is 26.2 Å². The summed E-state index contributed by atoms with van der Waals surface area (Å²) in [5, 5.41) is 0.781. The number of hydrogen-bond acceptors (Lipinski definition) is 3. The number of likely N-dealkylation sites (tertiary alicyclic amines) is 2. The van der Waals surface area contributed by atoms with Crippen LogP contribution in [-0.2, 0) is 6.54 Å². The van der Waals surface area contributed by atoms with Gasteiger partial charge in [-0.2, -0.15) is 0 Å². The number of carbonyl (C=O) groups is 1. The van der Waals surface area contributed by atoms with Gasteiger partial charge in [0.25, 0.3) is 5.91 Å². The van der Waals surface area contributed by atoms with Gasteiger partial charge in [-0.05, 0) is 81.9 Å². The van der Waals surface area contributed by atoms with Gasteiger partial charge in [0.15, 0.2) is 0 Å². The fourth-order valence-electron chi connectivity index (χ4n) is 4.55. The van der Waals surface area contributed by atoms with E-state index in [0.29, 0.717) is 5.92 Å². The van der Waals surface area contributed by atoms with Crippen LogP contribution in [-0.4, -0.2) is 46.9 Å². The molecular weight excluding hydrogens is 382 g/mol. The van der Waals surface area contributed by atoms with Crippen molar-refractivity contribution in [1.82, 2.24) is 14.8 Å². The van der Waals surface area contributed by atoms with Crippen molar-refractivity contribution in [3.8, 4) is 0 Å². The maximum absolute atomic E-state index is 13.2. The number of amides is 1. The Balaban J connectivity index is 1.44. The summed E-state index contributed by atoms with van der Waals surface area (Å²) in [6.07, 6.45) is 5.55. The third-order valence-corrected chi connectivity index (χ3v) is 6.48. The molecule has 3 heterocycles. The van der Waals surface area contributed by atoms with Crippen LogP contribution >= 0.6 is 11.6 Å². The van der Waals surface area contributed by atoms with E-state index < -0.39 is 0 Å². The van der Waals surface area contributed by atoms with Crippen LogP contribution < -0.4 is 0 Å². The molecule has 0 radical (unpaired) electrons. The van der Waals surface area contributed by atoms with Gasteiger partial charge in [0, 0.05) is 36.3 Å². The van der Waals surface area contributed by atoms with Crippen molar-refractivity contribution >= 4 is 17.5 Å². The normalized spacial score (nSPS) is 18.8. The molecule has 4 rings (SSSR count). The lowest BCUT2D eigenvalue weighted by molar-refractivity contribution is 0.0721. The Morgan fingerprint density at radius 3 is 2.38 bits per heavy atom. The third-order valence-electron chi connectivity index (χ3n) is 6.23. The standard InChI is InChI=1S/C24H30ClN3O/c1-18-5-10-22(24(29)28-13-3-2-4-14-28)23(26-18)20-11-15-27(16-12-20)17-19-6-8-21(25)9-7-19/h5-10,20H,2-4,11-17H2,1H3. The van der Waals surface area contributed by atoms with Gasteiger partial charge in [0.1, 0.15) is 0 Å². The zero-order valence-corrected chi connectivity index (χ0v) is 18.0. The van der Waals surface area contributed by atoms with Gasteiger partial charge in [0.05, 0.1) is 11.3 Å². The number of aryl methyl sites for hydroxylation is 1. The van der Waals surface area contributed by atoms with Crippen LogP contribution in [0.2, 0.25) is 5.02 Å². The number of benzene rings is 1. The Hall–Kier alpha value is -1.91. The number of aromatic nitrogens is 1. The van der Waals surface area contributed by atoms with Crippen LogP contribution in [0.1, 0.15) is 65.3 Å². The van der Waals surface area contributed by atoms with Gasteiger partial charge in [-0.1, -0.05) is 23.7 Å². The van der Waals surface area contributed by atoms with Crippen LogP contribution in [0.3, 0.4) is 0 Å². The fourth-order valence-corrected chi connectivity index (χ4v) is 4.67. The predicted molar refractivity (Wildman–Crippen MR) is 117 cm³/mol. The second kappa shape index (κ2) is 9.27. The highest BCUT2D eigenvalue weighted by Crippen LogP contribution is 2.31. The summed E-state index contributed by atoms with van der Waals surface area (Å²) in [6, 6.07) is 12.1. The molecule has 0 bridgehead atoms. The van der Waals surface area contributed by atoms with Crippen molar-refractivity contribution < 1.29 is 4.79 Å². The van der Waals surface area contributed by atoms with E-state index in [2.05, 4.69) is 17.0 Å². The summed E-state index contributed by atoms with van der Waals surface area (Å²) in [5.74, 6) is 0.538. The van der Waals surface area contributed by atoms with Crippen molar-refractivity contribution in [3.05, 3.63) is 63.9 Å². The average molecular weight is 412 g/mol. The number of nitrogens with zero attached hydrogens (tertiary/aromatic N) is 3. The first-order chi connectivity index (χ1) is 14.1. The van der Waals surface area contributed by atoms with E-state index in [9.17, 15) is 4.79 Å². The first kappa shape index (κ1) is 20.4. The topological polar surface area (TPSA) is 36.4 Å². The van der Waals surface area contributed by atoms with E-state index in [1.54, 1.807) is 0 Å². The molecule has 2 aliphatic heterocycles. The largest absolute Gasteiger partial charge is 0.339 e. The van der Waals surface area contributed by atoms with Crippen molar-refractivity contribution in [2.45, 2.75) is 51.5 Å². The molecule has 0 atom stereocenters. The highest BCUT2D eigenvalue weighted by atomic mass is 35.5. The van der Waals surface area contributed by atoms with E-state index in [4.69, 9.17) is 16.6 Å². The number of hydrogen-bond donors (Lipinski definition) is 0. The van der Waals surface area contributed by atoms with Gasteiger partial charge in [-0.15, -0.1) is 0 Å². The SMILES string of the molecule is Cc1ccc(C(=O)N2CCCCC2)c(C2CCN(Cc3ccc(Cl)cc3)CC2)n1.